The van der Waals surface area contributed by atoms with Gasteiger partial charge in [-0.3, -0.25) is 0 Å². The molecule has 4 unspecified atom stereocenters. The van der Waals surface area contributed by atoms with Crippen molar-refractivity contribution >= 4 is 6.08 Å². The van der Waals surface area contributed by atoms with Gasteiger partial charge in [-0.1, -0.05) is 125 Å². The molecule has 0 saturated heterocycles. The van der Waals surface area contributed by atoms with E-state index in [9.17, 15) is 0 Å². The minimum absolute atomic E-state index is 0.290. The summed E-state index contributed by atoms with van der Waals surface area (Å²) in [5.41, 5.74) is 14.7. The Labute approximate surface area is 239 Å². The Morgan fingerprint density at radius 3 is 2.51 bits per heavy atom. The normalized spacial score (nSPS) is 25.1. The first-order chi connectivity index (χ1) is 18.5. The second kappa shape index (κ2) is 11.1. The van der Waals surface area contributed by atoms with E-state index in [0.717, 1.165) is 31.1 Å². The van der Waals surface area contributed by atoms with Gasteiger partial charge in [-0.15, -0.1) is 0 Å². The molecule has 0 radical (unpaired) electrons. The fourth-order valence-electron chi connectivity index (χ4n) is 7.72. The Bertz CT molecular complexity index is 1320. The van der Waals surface area contributed by atoms with Gasteiger partial charge in [0.1, 0.15) is 0 Å². The minimum Gasteiger partial charge on any atom is -0.0986 e. The zero-order valence-corrected chi connectivity index (χ0v) is 25.5. The Kier molecular flexibility index (Phi) is 7.96. The van der Waals surface area contributed by atoms with E-state index in [1.54, 1.807) is 5.56 Å². The van der Waals surface area contributed by atoms with Crippen LogP contribution in [-0.4, -0.2) is 0 Å². The van der Waals surface area contributed by atoms with Crippen LogP contribution >= 0.6 is 0 Å². The highest BCUT2D eigenvalue weighted by molar-refractivity contribution is 5.80. The van der Waals surface area contributed by atoms with Crippen LogP contribution in [-0.2, 0) is 12.8 Å². The molecule has 3 aliphatic carbocycles. The van der Waals surface area contributed by atoms with Crippen LogP contribution in [0.3, 0.4) is 0 Å². The summed E-state index contributed by atoms with van der Waals surface area (Å²) in [6, 6.07) is 11.9. The van der Waals surface area contributed by atoms with E-state index < -0.39 is 0 Å². The van der Waals surface area contributed by atoms with Crippen LogP contribution in [0.2, 0.25) is 0 Å². The summed E-state index contributed by atoms with van der Waals surface area (Å²) in [6.07, 6.45) is 17.1. The lowest BCUT2D eigenvalue weighted by atomic mass is 9.71. The van der Waals surface area contributed by atoms with E-state index in [1.165, 1.54) is 82.2 Å². The molecule has 0 aromatic heterocycles. The third kappa shape index (κ3) is 6.26. The van der Waals surface area contributed by atoms with Gasteiger partial charge in [-0.25, -0.2) is 0 Å². The van der Waals surface area contributed by atoms with Crippen LogP contribution in [0.1, 0.15) is 94.0 Å². The molecular weight excluding hydrogens is 468 g/mol. The average Bonchev–Trinajstić information content (AvgIpc) is 3.27. The van der Waals surface area contributed by atoms with Gasteiger partial charge in [0.2, 0.25) is 0 Å². The number of aryl methyl sites for hydroxylation is 2. The van der Waals surface area contributed by atoms with Crippen molar-refractivity contribution in [1.29, 1.82) is 0 Å². The van der Waals surface area contributed by atoms with Crippen molar-refractivity contribution in [3.05, 3.63) is 100 Å². The maximum Gasteiger partial charge on any atom is 0.00827 e. The smallest absolute Gasteiger partial charge is 0.00827 e. The Balaban J connectivity index is 1.40. The molecule has 5 rings (SSSR count). The van der Waals surface area contributed by atoms with Gasteiger partial charge < -0.3 is 0 Å². The molecule has 1 fully saturated rings. The Hall–Kier alpha value is -2.60. The van der Waals surface area contributed by atoms with Gasteiger partial charge in [0.05, 0.1) is 0 Å². The lowest BCUT2D eigenvalue weighted by Crippen LogP contribution is -2.21. The SMILES string of the molecule is C=C1C=CC(CC(C)(C)C)C(=C)C1CC1=Cc2cccc(-c3cc(C)cc(C)c3CC3CCCC(C)C3)c2C1. The maximum atomic E-state index is 4.62. The third-order valence-corrected chi connectivity index (χ3v) is 9.63. The molecule has 1 saturated carbocycles. The van der Waals surface area contributed by atoms with Gasteiger partial charge in [0, 0.05) is 5.92 Å². The second-order valence-corrected chi connectivity index (χ2v) is 14.4. The molecule has 206 valence electrons. The molecule has 4 atom stereocenters. The van der Waals surface area contributed by atoms with Gasteiger partial charge in [0.15, 0.2) is 0 Å². The Morgan fingerprint density at radius 1 is 0.974 bits per heavy atom. The minimum atomic E-state index is 0.290. The number of allylic oxidation sites excluding steroid dienone is 5. The summed E-state index contributed by atoms with van der Waals surface area (Å²) >= 11 is 0. The second-order valence-electron chi connectivity index (χ2n) is 14.4. The number of hydrogen-bond donors (Lipinski definition) is 0. The molecule has 0 amide bonds. The summed E-state index contributed by atoms with van der Waals surface area (Å²) < 4.78 is 0. The van der Waals surface area contributed by atoms with Crippen molar-refractivity contribution in [2.24, 2.45) is 29.1 Å². The molecule has 3 aliphatic rings. The van der Waals surface area contributed by atoms with Crippen LogP contribution in [0, 0.1) is 42.9 Å². The van der Waals surface area contributed by atoms with Crippen LogP contribution in [0.4, 0.5) is 0 Å². The molecule has 2 aromatic carbocycles. The van der Waals surface area contributed by atoms with Crippen molar-refractivity contribution in [2.45, 2.75) is 92.9 Å². The first-order valence-corrected chi connectivity index (χ1v) is 15.5. The molecule has 0 heterocycles. The Morgan fingerprint density at radius 2 is 1.77 bits per heavy atom. The first kappa shape index (κ1) is 27.9. The third-order valence-electron chi connectivity index (χ3n) is 9.63. The van der Waals surface area contributed by atoms with Crippen molar-refractivity contribution in [3.8, 4) is 11.1 Å². The zero-order chi connectivity index (χ0) is 27.9. The van der Waals surface area contributed by atoms with E-state index >= 15 is 0 Å². The quantitative estimate of drug-likeness (QED) is 0.334. The molecule has 0 N–H and O–H groups in total. The van der Waals surface area contributed by atoms with Crippen molar-refractivity contribution in [3.63, 3.8) is 0 Å². The summed E-state index contributed by atoms with van der Waals surface area (Å²) in [6.45, 7) is 23.1. The largest absolute Gasteiger partial charge is 0.0986 e. The molecule has 0 bridgehead atoms. The fourth-order valence-corrected chi connectivity index (χ4v) is 7.72. The molecule has 0 heteroatoms. The van der Waals surface area contributed by atoms with E-state index in [-0.39, 0.29) is 5.41 Å². The predicted octanol–water partition coefficient (Wildman–Crippen LogP) is 11.0. The van der Waals surface area contributed by atoms with Gasteiger partial charge >= 0.3 is 0 Å². The lowest BCUT2D eigenvalue weighted by molar-refractivity contribution is 0.281. The summed E-state index contributed by atoms with van der Waals surface area (Å²) in [5.74, 6) is 2.47. The predicted molar refractivity (Wildman–Crippen MR) is 171 cm³/mol. The van der Waals surface area contributed by atoms with Crippen LogP contribution in [0.25, 0.3) is 17.2 Å². The molecular formula is C39H50. The van der Waals surface area contributed by atoms with E-state index in [1.807, 2.05) is 0 Å². The number of hydrogen-bond acceptors (Lipinski definition) is 0. The lowest BCUT2D eigenvalue weighted by Gasteiger charge is -2.33. The van der Waals surface area contributed by atoms with Crippen LogP contribution in [0.15, 0.2) is 72.4 Å². The fraction of sp³-hybridized carbons (Fsp3) is 0.487. The van der Waals surface area contributed by atoms with Gasteiger partial charge in [-0.2, -0.15) is 0 Å². The molecule has 39 heavy (non-hydrogen) atoms. The first-order valence-electron chi connectivity index (χ1n) is 15.5. The molecule has 0 nitrogen and oxygen atoms in total. The van der Waals surface area contributed by atoms with Gasteiger partial charge in [-0.05, 0) is 108 Å². The molecule has 0 aliphatic heterocycles. The van der Waals surface area contributed by atoms with E-state index in [0.29, 0.717) is 11.8 Å². The van der Waals surface area contributed by atoms with Crippen LogP contribution < -0.4 is 0 Å². The standard InChI is InChI=1S/C39H50/c1-25-11-9-12-30(18-25)21-36-28(4)17-26(2)19-38(36)34-14-10-13-32-20-31(23-37(32)34)22-35-27(3)15-16-33(29(35)5)24-39(6,7)8/h10,13-17,19-20,25,30,33,35H,3,5,9,11-12,18,21-24H2,1-2,4,6-8H3. The summed E-state index contributed by atoms with van der Waals surface area (Å²) in [7, 11) is 0. The topological polar surface area (TPSA) is 0 Å². The summed E-state index contributed by atoms with van der Waals surface area (Å²) in [5, 5.41) is 0. The average molecular weight is 519 g/mol. The highest BCUT2D eigenvalue weighted by atomic mass is 14.3. The monoisotopic (exact) mass is 518 g/mol. The van der Waals surface area contributed by atoms with E-state index in [2.05, 4.69) is 103 Å². The van der Waals surface area contributed by atoms with Crippen LogP contribution in [0.5, 0.6) is 0 Å². The number of benzene rings is 2. The highest BCUT2D eigenvalue weighted by Gasteiger charge is 2.30. The van der Waals surface area contributed by atoms with Crippen molar-refractivity contribution < 1.29 is 0 Å². The van der Waals surface area contributed by atoms with Crippen molar-refractivity contribution in [1.82, 2.24) is 0 Å². The zero-order valence-electron chi connectivity index (χ0n) is 25.5. The molecule has 0 spiro atoms. The highest BCUT2D eigenvalue weighted by Crippen LogP contribution is 2.44. The maximum absolute atomic E-state index is 4.62. The van der Waals surface area contributed by atoms with E-state index in [4.69, 9.17) is 0 Å². The number of rotatable bonds is 6. The molecule has 2 aromatic rings. The summed E-state index contributed by atoms with van der Waals surface area (Å²) in [4.78, 5) is 0. The van der Waals surface area contributed by atoms with Gasteiger partial charge in [0.25, 0.3) is 0 Å². The number of fused-ring (bicyclic) bond motifs is 1. The van der Waals surface area contributed by atoms with Crippen molar-refractivity contribution in [2.75, 3.05) is 0 Å².